The van der Waals surface area contributed by atoms with Gasteiger partial charge in [-0.05, 0) is 22.4 Å². The molecule has 0 amide bonds. The van der Waals surface area contributed by atoms with Gasteiger partial charge in [-0.15, -0.1) is 0 Å². The zero-order valence-corrected chi connectivity index (χ0v) is 9.67. The van der Waals surface area contributed by atoms with Crippen molar-refractivity contribution in [1.29, 1.82) is 0 Å². The molecule has 1 N–H and O–H groups in total. The highest BCUT2D eigenvalue weighted by Crippen LogP contribution is 2.16. The Kier molecular flexibility index (Phi) is 3.53. The number of aliphatic carboxylic acids is 1. The van der Waals surface area contributed by atoms with Crippen LogP contribution >= 0.6 is 0 Å². The maximum absolute atomic E-state index is 11.5. The molecule has 0 spiro atoms. The number of hydrogen-bond donors (Lipinski definition) is 1. The van der Waals surface area contributed by atoms with Crippen LogP contribution in [0.2, 0.25) is 0 Å². The van der Waals surface area contributed by atoms with E-state index in [1.165, 1.54) is 0 Å². The van der Waals surface area contributed by atoms with Crippen molar-refractivity contribution < 1.29 is 14.7 Å². The Bertz CT molecular complexity index is 626. The van der Waals surface area contributed by atoms with E-state index in [4.69, 9.17) is 5.11 Å². The predicted molar refractivity (Wildman–Crippen MR) is 69.4 cm³/mol. The maximum atomic E-state index is 11.5. The van der Waals surface area contributed by atoms with E-state index in [1.54, 1.807) is 0 Å². The zero-order valence-electron chi connectivity index (χ0n) is 9.67. The van der Waals surface area contributed by atoms with Crippen LogP contribution < -0.4 is 0 Å². The van der Waals surface area contributed by atoms with Crippen molar-refractivity contribution in [1.82, 2.24) is 0 Å². The van der Waals surface area contributed by atoms with Gasteiger partial charge in [-0.2, -0.15) is 0 Å². The summed E-state index contributed by atoms with van der Waals surface area (Å²) in [6, 6.07) is 13.7. The molecule has 90 valence electrons. The number of carboxylic acids is 1. The van der Waals surface area contributed by atoms with E-state index in [1.807, 2.05) is 42.5 Å². The van der Waals surface area contributed by atoms with Gasteiger partial charge >= 0.3 is 5.97 Å². The minimum Gasteiger partial charge on any atom is -0.478 e. The zero-order chi connectivity index (χ0) is 13.0. The number of hydrogen-bond acceptors (Lipinski definition) is 2. The third kappa shape index (κ3) is 3.04. The first kappa shape index (κ1) is 12.0. The summed E-state index contributed by atoms with van der Waals surface area (Å²) in [6.07, 6.45) is 2.18. The number of allylic oxidation sites excluding steroid dienone is 1. The summed E-state index contributed by atoms with van der Waals surface area (Å²) in [5.74, 6) is -1.32. The van der Waals surface area contributed by atoms with Gasteiger partial charge in [-0.25, -0.2) is 4.79 Å². The van der Waals surface area contributed by atoms with Crippen molar-refractivity contribution in [2.45, 2.75) is 6.42 Å². The lowest BCUT2D eigenvalue weighted by atomic mass is 10.0. The lowest BCUT2D eigenvalue weighted by Crippen LogP contribution is -2.00. The van der Waals surface area contributed by atoms with Crippen LogP contribution in [0.1, 0.15) is 5.56 Å². The Labute approximate surface area is 104 Å². The lowest BCUT2D eigenvalue weighted by molar-refractivity contribution is -0.131. The van der Waals surface area contributed by atoms with Gasteiger partial charge in [0.25, 0.3) is 0 Å². The quantitative estimate of drug-likeness (QED) is 0.836. The van der Waals surface area contributed by atoms with Gasteiger partial charge in [0.1, 0.15) is 0 Å². The topological polar surface area (TPSA) is 54.4 Å². The molecule has 0 saturated carbocycles. The van der Waals surface area contributed by atoms with Crippen molar-refractivity contribution in [3.8, 4) is 0 Å². The molecule has 0 radical (unpaired) electrons. The lowest BCUT2D eigenvalue weighted by Gasteiger charge is -2.01. The largest absolute Gasteiger partial charge is 0.478 e. The molecule has 0 aliphatic carbocycles. The first-order valence-electron chi connectivity index (χ1n) is 5.57. The van der Waals surface area contributed by atoms with E-state index in [0.717, 1.165) is 28.5 Å². The van der Waals surface area contributed by atoms with E-state index in [-0.39, 0.29) is 12.2 Å². The summed E-state index contributed by atoms with van der Waals surface area (Å²) < 4.78 is 0. The molecule has 0 aliphatic rings. The van der Waals surface area contributed by atoms with Gasteiger partial charge in [-0.3, -0.25) is 4.79 Å². The molecule has 0 fully saturated rings. The van der Waals surface area contributed by atoms with Crippen LogP contribution in [0.4, 0.5) is 0 Å². The monoisotopic (exact) mass is 240 g/mol. The van der Waals surface area contributed by atoms with Gasteiger partial charge in [-0.1, -0.05) is 42.5 Å². The summed E-state index contributed by atoms with van der Waals surface area (Å²) in [4.78, 5) is 21.8. The summed E-state index contributed by atoms with van der Waals surface area (Å²) in [6.45, 7) is 0. The number of fused-ring (bicyclic) bond motifs is 1. The fourth-order valence-electron chi connectivity index (χ4n) is 1.77. The van der Waals surface area contributed by atoms with Crippen molar-refractivity contribution in [3.63, 3.8) is 0 Å². The smallest absolute Gasteiger partial charge is 0.328 e. The van der Waals surface area contributed by atoms with E-state index >= 15 is 0 Å². The first-order valence-corrected chi connectivity index (χ1v) is 5.57. The second-order valence-electron chi connectivity index (χ2n) is 4.00. The minimum absolute atomic E-state index is 0.215. The highest BCUT2D eigenvalue weighted by Gasteiger charge is 2.02. The second kappa shape index (κ2) is 5.27. The number of benzene rings is 2. The summed E-state index contributed by atoms with van der Waals surface area (Å²) in [7, 11) is 0. The highest BCUT2D eigenvalue weighted by atomic mass is 16.4. The fraction of sp³-hybridized carbons (Fsp3) is 0.0667. The van der Waals surface area contributed by atoms with Gasteiger partial charge in [0.05, 0.1) is 0 Å². The van der Waals surface area contributed by atoms with Crippen LogP contribution in [-0.4, -0.2) is 16.9 Å². The Morgan fingerprint density at radius 1 is 1.00 bits per heavy atom. The summed E-state index contributed by atoms with van der Waals surface area (Å²) >= 11 is 0. The van der Waals surface area contributed by atoms with Gasteiger partial charge in [0.15, 0.2) is 5.78 Å². The number of carbonyl (C=O) groups excluding carboxylic acids is 1. The van der Waals surface area contributed by atoms with Crippen molar-refractivity contribution >= 4 is 22.5 Å². The third-order valence-electron chi connectivity index (χ3n) is 2.60. The number of carbonyl (C=O) groups is 2. The Hall–Kier alpha value is -2.42. The van der Waals surface area contributed by atoms with Crippen LogP contribution in [0.5, 0.6) is 0 Å². The minimum atomic E-state index is -1.11. The molecule has 0 atom stereocenters. The Balaban J connectivity index is 2.17. The molecule has 0 heterocycles. The average molecular weight is 240 g/mol. The van der Waals surface area contributed by atoms with Crippen LogP contribution in [0.15, 0.2) is 54.6 Å². The molecule has 2 aromatic carbocycles. The molecule has 0 unspecified atom stereocenters. The molecule has 3 nitrogen and oxygen atoms in total. The number of ketones is 1. The molecule has 0 aliphatic heterocycles. The Morgan fingerprint density at radius 2 is 1.72 bits per heavy atom. The van der Waals surface area contributed by atoms with Crippen molar-refractivity contribution in [3.05, 3.63) is 60.2 Å². The maximum Gasteiger partial charge on any atom is 0.328 e. The van der Waals surface area contributed by atoms with Crippen LogP contribution in [0.3, 0.4) is 0 Å². The van der Waals surface area contributed by atoms with Crippen molar-refractivity contribution in [2.75, 3.05) is 0 Å². The fourth-order valence-corrected chi connectivity index (χ4v) is 1.77. The standard InChI is InChI=1S/C15H12O3/c16-14(7-8-15(17)18)10-11-5-6-12-3-1-2-4-13(12)9-11/h1-9H,10H2,(H,17,18)/b8-7-. The van der Waals surface area contributed by atoms with E-state index in [0.29, 0.717) is 0 Å². The van der Waals surface area contributed by atoms with E-state index in [9.17, 15) is 9.59 Å². The molecular formula is C15H12O3. The van der Waals surface area contributed by atoms with Gasteiger partial charge in [0.2, 0.25) is 0 Å². The highest BCUT2D eigenvalue weighted by molar-refractivity contribution is 5.97. The molecule has 18 heavy (non-hydrogen) atoms. The molecular weight excluding hydrogens is 228 g/mol. The SMILES string of the molecule is O=C(O)/C=C\C(=O)Cc1ccc2ccccc2c1. The van der Waals surface area contributed by atoms with Crippen molar-refractivity contribution in [2.24, 2.45) is 0 Å². The Morgan fingerprint density at radius 3 is 2.44 bits per heavy atom. The van der Waals surface area contributed by atoms with E-state index < -0.39 is 5.97 Å². The molecule has 2 rings (SSSR count). The van der Waals surface area contributed by atoms with Crippen LogP contribution in [0, 0.1) is 0 Å². The average Bonchev–Trinajstić information content (AvgIpc) is 2.36. The molecule has 0 saturated heterocycles. The van der Waals surface area contributed by atoms with E-state index in [2.05, 4.69) is 0 Å². The normalized spacial score (nSPS) is 10.9. The molecule has 2 aromatic rings. The summed E-state index contributed by atoms with van der Waals surface area (Å²) in [5.41, 5.74) is 0.883. The molecule has 0 bridgehead atoms. The molecule has 3 heteroatoms. The summed E-state index contributed by atoms with van der Waals surface area (Å²) in [5, 5.41) is 10.6. The predicted octanol–water partition coefficient (Wildman–Crippen LogP) is 2.59. The van der Waals surface area contributed by atoms with Crippen LogP contribution in [-0.2, 0) is 16.0 Å². The third-order valence-corrected chi connectivity index (χ3v) is 2.60. The molecule has 0 aromatic heterocycles. The van der Waals surface area contributed by atoms with Gasteiger partial charge < -0.3 is 5.11 Å². The number of carboxylic acid groups (broad SMARTS) is 1. The first-order chi connectivity index (χ1) is 8.65. The van der Waals surface area contributed by atoms with Gasteiger partial charge in [0, 0.05) is 12.5 Å². The second-order valence-corrected chi connectivity index (χ2v) is 4.00. The van der Waals surface area contributed by atoms with Crippen LogP contribution in [0.25, 0.3) is 10.8 Å². The number of rotatable bonds is 4.